The number of ether oxygens (including phenoxy) is 1. The van der Waals surface area contributed by atoms with Gasteiger partial charge in [-0.1, -0.05) is 0 Å². The number of hydrogen-bond donors (Lipinski definition) is 3. The van der Waals surface area contributed by atoms with Gasteiger partial charge in [0.25, 0.3) is 0 Å². The quantitative estimate of drug-likeness (QED) is 0.749. The molecule has 0 spiro atoms. The maximum atomic E-state index is 12.0. The van der Waals surface area contributed by atoms with Crippen LogP contribution in [0.5, 0.6) is 0 Å². The number of nitriles is 1. The molecule has 0 bridgehead atoms. The molecule has 3 atom stereocenters. The van der Waals surface area contributed by atoms with E-state index in [1.165, 1.54) is 11.3 Å². The molecule has 7 heteroatoms. The van der Waals surface area contributed by atoms with E-state index >= 15 is 0 Å². The lowest BCUT2D eigenvalue weighted by molar-refractivity contribution is 0.112. The standard InChI is InChI=1S/C21H26N4O3/c1-12(2)28-21(27)24-14-8-16-15-7-13(10-22)3-4-18(15)25(19(16)9-14)11-17-20(26)5-6-23-17/h3-4,7,12,14,17,20,23,26H,5-6,8-9,11H2,1-2H3,(H,24,27)/t14-,17+,20+/m0/s1. The fourth-order valence-electron chi connectivity index (χ4n) is 4.42. The fourth-order valence-corrected chi connectivity index (χ4v) is 4.42. The number of carbonyl (C=O) groups excluding carboxylic acids is 1. The highest BCUT2D eigenvalue weighted by Crippen LogP contribution is 2.34. The molecule has 1 aliphatic heterocycles. The number of fused-ring (bicyclic) bond motifs is 3. The SMILES string of the molecule is CC(C)OC(=O)N[C@H]1Cc2c(n(C[C@H]3NCC[C@H]3O)c3ccc(C#N)cc23)C1. The van der Waals surface area contributed by atoms with E-state index in [2.05, 4.69) is 21.3 Å². The zero-order valence-electron chi connectivity index (χ0n) is 16.2. The van der Waals surface area contributed by atoms with Crippen molar-refractivity contribution >= 4 is 17.0 Å². The highest BCUT2D eigenvalue weighted by molar-refractivity contribution is 5.88. The van der Waals surface area contributed by atoms with Crippen molar-refractivity contribution in [3.8, 4) is 6.07 Å². The molecule has 1 aromatic carbocycles. The molecular formula is C21H26N4O3. The topological polar surface area (TPSA) is 99.3 Å². The Hall–Kier alpha value is -2.56. The van der Waals surface area contributed by atoms with Crippen molar-refractivity contribution in [3.05, 3.63) is 35.0 Å². The van der Waals surface area contributed by atoms with E-state index in [0.717, 1.165) is 23.9 Å². The predicted molar refractivity (Wildman–Crippen MR) is 105 cm³/mol. The molecule has 0 unspecified atom stereocenters. The van der Waals surface area contributed by atoms with Gasteiger partial charge in [-0.15, -0.1) is 0 Å². The molecule has 148 valence electrons. The molecule has 2 heterocycles. The van der Waals surface area contributed by atoms with Gasteiger partial charge in [0.15, 0.2) is 0 Å². The molecule has 7 nitrogen and oxygen atoms in total. The first-order valence-electron chi connectivity index (χ1n) is 9.89. The maximum absolute atomic E-state index is 12.0. The highest BCUT2D eigenvalue weighted by Gasteiger charge is 2.32. The lowest BCUT2D eigenvalue weighted by Gasteiger charge is -2.20. The van der Waals surface area contributed by atoms with Gasteiger partial charge in [0.2, 0.25) is 0 Å². The third-order valence-corrected chi connectivity index (χ3v) is 5.66. The van der Waals surface area contributed by atoms with Crippen molar-refractivity contribution in [2.75, 3.05) is 6.54 Å². The second kappa shape index (κ2) is 7.46. The summed E-state index contributed by atoms with van der Waals surface area (Å²) in [5.41, 5.74) is 4.05. The van der Waals surface area contributed by atoms with Crippen LogP contribution in [-0.2, 0) is 24.1 Å². The summed E-state index contributed by atoms with van der Waals surface area (Å²) in [5.74, 6) is 0. The molecule has 1 aromatic heterocycles. The Morgan fingerprint density at radius 1 is 1.46 bits per heavy atom. The summed E-state index contributed by atoms with van der Waals surface area (Å²) >= 11 is 0. The fraction of sp³-hybridized carbons (Fsp3) is 0.524. The molecule has 0 radical (unpaired) electrons. The Labute approximate surface area is 164 Å². The summed E-state index contributed by atoms with van der Waals surface area (Å²) in [5, 5.41) is 26.9. The maximum Gasteiger partial charge on any atom is 0.407 e. The molecule has 3 N–H and O–H groups in total. The lowest BCUT2D eigenvalue weighted by Crippen LogP contribution is -2.38. The summed E-state index contributed by atoms with van der Waals surface area (Å²) in [4.78, 5) is 12.0. The average Bonchev–Trinajstić information content (AvgIpc) is 3.30. The van der Waals surface area contributed by atoms with E-state index in [0.29, 0.717) is 24.9 Å². The highest BCUT2D eigenvalue weighted by atomic mass is 16.6. The van der Waals surface area contributed by atoms with Crippen LogP contribution in [0.4, 0.5) is 4.79 Å². The molecule has 1 fully saturated rings. The number of benzene rings is 1. The second-order valence-electron chi connectivity index (χ2n) is 8.00. The van der Waals surface area contributed by atoms with Crippen LogP contribution < -0.4 is 10.6 Å². The number of amides is 1. The molecule has 2 aliphatic rings. The summed E-state index contributed by atoms with van der Waals surface area (Å²) in [6.45, 7) is 5.14. The van der Waals surface area contributed by atoms with Gasteiger partial charge in [-0.25, -0.2) is 4.79 Å². The summed E-state index contributed by atoms with van der Waals surface area (Å²) < 4.78 is 7.46. The van der Waals surface area contributed by atoms with Crippen LogP contribution >= 0.6 is 0 Å². The number of aromatic nitrogens is 1. The van der Waals surface area contributed by atoms with Gasteiger partial charge in [0, 0.05) is 35.6 Å². The van der Waals surface area contributed by atoms with Crippen molar-refractivity contribution in [1.82, 2.24) is 15.2 Å². The van der Waals surface area contributed by atoms with Crippen molar-refractivity contribution in [3.63, 3.8) is 0 Å². The van der Waals surface area contributed by atoms with E-state index < -0.39 is 6.09 Å². The van der Waals surface area contributed by atoms with Gasteiger partial charge < -0.3 is 25.0 Å². The molecule has 28 heavy (non-hydrogen) atoms. The number of aliphatic hydroxyl groups is 1. The largest absolute Gasteiger partial charge is 0.447 e. The molecule has 0 saturated carbocycles. The Bertz CT molecular complexity index is 943. The zero-order chi connectivity index (χ0) is 19.8. The number of aliphatic hydroxyl groups excluding tert-OH is 1. The Kier molecular flexibility index (Phi) is 5.00. The van der Waals surface area contributed by atoms with Crippen LogP contribution in [0.2, 0.25) is 0 Å². The van der Waals surface area contributed by atoms with Gasteiger partial charge in [-0.2, -0.15) is 5.26 Å². The summed E-state index contributed by atoms with van der Waals surface area (Å²) in [7, 11) is 0. The number of nitrogens with zero attached hydrogens (tertiary/aromatic N) is 2. The molecule has 1 amide bonds. The zero-order valence-corrected chi connectivity index (χ0v) is 16.2. The third kappa shape index (κ3) is 3.46. The van der Waals surface area contributed by atoms with Gasteiger partial charge in [0.1, 0.15) is 0 Å². The van der Waals surface area contributed by atoms with Crippen LogP contribution in [0.1, 0.15) is 37.1 Å². The number of carbonyl (C=O) groups is 1. The molecule has 1 aliphatic carbocycles. The molecule has 1 saturated heterocycles. The Morgan fingerprint density at radius 2 is 2.29 bits per heavy atom. The normalized spacial score (nSPS) is 23.8. The van der Waals surface area contributed by atoms with E-state index in [4.69, 9.17) is 4.74 Å². The van der Waals surface area contributed by atoms with Gasteiger partial charge in [-0.05, 0) is 57.0 Å². The van der Waals surface area contributed by atoms with E-state index in [-0.39, 0.29) is 24.3 Å². The molecule has 4 rings (SSSR count). The minimum Gasteiger partial charge on any atom is -0.447 e. The van der Waals surface area contributed by atoms with Gasteiger partial charge >= 0.3 is 6.09 Å². The van der Waals surface area contributed by atoms with Gasteiger partial charge in [0.05, 0.1) is 29.9 Å². The number of alkyl carbamates (subject to hydrolysis) is 1. The van der Waals surface area contributed by atoms with Crippen LogP contribution in [0, 0.1) is 11.3 Å². The van der Waals surface area contributed by atoms with Crippen LogP contribution in [-0.4, -0.2) is 46.6 Å². The van der Waals surface area contributed by atoms with E-state index in [1.807, 2.05) is 32.0 Å². The Morgan fingerprint density at radius 3 is 2.96 bits per heavy atom. The first-order chi connectivity index (χ1) is 13.5. The summed E-state index contributed by atoms with van der Waals surface area (Å²) in [6.07, 6.45) is 1.26. The van der Waals surface area contributed by atoms with Crippen molar-refractivity contribution in [2.45, 2.75) is 63.9 Å². The lowest BCUT2D eigenvalue weighted by atomic mass is 10.1. The minimum atomic E-state index is -0.397. The van der Waals surface area contributed by atoms with E-state index in [1.54, 1.807) is 0 Å². The molecular weight excluding hydrogens is 356 g/mol. The van der Waals surface area contributed by atoms with Crippen molar-refractivity contribution in [1.29, 1.82) is 5.26 Å². The first-order valence-corrected chi connectivity index (χ1v) is 9.89. The third-order valence-electron chi connectivity index (χ3n) is 5.66. The number of rotatable bonds is 4. The van der Waals surface area contributed by atoms with Crippen molar-refractivity contribution in [2.24, 2.45) is 0 Å². The number of hydrogen-bond acceptors (Lipinski definition) is 5. The monoisotopic (exact) mass is 382 g/mol. The average molecular weight is 382 g/mol. The first kappa shape index (κ1) is 18.8. The smallest absolute Gasteiger partial charge is 0.407 e. The second-order valence-corrected chi connectivity index (χ2v) is 8.00. The van der Waals surface area contributed by atoms with Crippen LogP contribution in [0.3, 0.4) is 0 Å². The Balaban J connectivity index is 1.65. The van der Waals surface area contributed by atoms with E-state index in [9.17, 15) is 15.2 Å². The number of nitrogens with one attached hydrogen (secondary N) is 2. The van der Waals surface area contributed by atoms with Crippen molar-refractivity contribution < 1.29 is 14.6 Å². The predicted octanol–water partition coefficient (Wildman–Crippen LogP) is 1.84. The van der Waals surface area contributed by atoms with Crippen LogP contribution in [0.25, 0.3) is 10.9 Å². The molecule has 2 aromatic rings. The summed E-state index contributed by atoms with van der Waals surface area (Å²) in [6, 6.07) is 7.95. The van der Waals surface area contributed by atoms with Gasteiger partial charge in [-0.3, -0.25) is 0 Å². The van der Waals surface area contributed by atoms with Crippen LogP contribution in [0.15, 0.2) is 18.2 Å². The minimum absolute atomic E-state index is 0.00765.